The molecule has 0 saturated heterocycles. The van der Waals surface area contributed by atoms with Gasteiger partial charge in [0, 0.05) is 24.4 Å². The molecule has 0 spiro atoms. The van der Waals surface area contributed by atoms with Crippen molar-refractivity contribution in [3.8, 4) is 11.5 Å². The third kappa shape index (κ3) is 4.63. The monoisotopic (exact) mass is 392 g/mol. The summed E-state index contributed by atoms with van der Waals surface area (Å²) in [6.45, 7) is 4.45. The van der Waals surface area contributed by atoms with Crippen LogP contribution in [0.3, 0.4) is 0 Å². The molecule has 1 N–H and O–H groups in total. The number of amides is 1. The highest BCUT2D eigenvalue weighted by molar-refractivity contribution is 6.05. The van der Waals surface area contributed by atoms with Crippen LogP contribution >= 0.6 is 0 Å². The van der Waals surface area contributed by atoms with E-state index in [2.05, 4.69) is 15.3 Å². The molecule has 0 radical (unpaired) electrons. The second-order valence-corrected chi connectivity index (χ2v) is 6.37. The van der Waals surface area contributed by atoms with Crippen LogP contribution in [-0.4, -0.2) is 36.6 Å². The molecule has 0 saturated carbocycles. The quantitative estimate of drug-likeness (QED) is 0.649. The molecule has 29 heavy (non-hydrogen) atoms. The molecule has 3 rings (SSSR count). The summed E-state index contributed by atoms with van der Waals surface area (Å²) in [6.07, 6.45) is 1.37. The summed E-state index contributed by atoms with van der Waals surface area (Å²) < 4.78 is 10.7. The number of rotatable bonds is 7. The first-order valence-corrected chi connectivity index (χ1v) is 9.25. The molecule has 1 heterocycles. The normalized spacial score (nSPS) is 10.3. The minimum atomic E-state index is -0.193. The molecule has 0 fully saturated rings. The number of nitrogens with one attached hydrogen (secondary N) is 1. The van der Waals surface area contributed by atoms with Gasteiger partial charge in [-0.05, 0) is 43.7 Å². The summed E-state index contributed by atoms with van der Waals surface area (Å²) in [5.41, 5.74) is 2.90. The van der Waals surface area contributed by atoms with Gasteiger partial charge in [0.2, 0.25) is 0 Å². The Morgan fingerprint density at radius 3 is 2.59 bits per heavy atom. The van der Waals surface area contributed by atoms with E-state index >= 15 is 0 Å². The van der Waals surface area contributed by atoms with Crippen molar-refractivity contribution in [2.75, 3.05) is 31.0 Å². The highest BCUT2D eigenvalue weighted by atomic mass is 16.5. The van der Waals surface area contributed by atoms with Gasteiger partial charge in [0.15, 0.2) is 0 Å². The van der Waals surface area contributed by atoms with Gasteiger partial charge in [-0.25, -0.2) is 9.97 Å². The number of hydrogen-bond acceptors (Lipinski definition) is 6. The maximum absolute atomic E-state index is 13.1. The number of carbonyl (C=O) groups is 1. The molecule has 7 heteroatoms. The SMILES string of the molecule is CCN(C(=O)c1cc(Nc2cc(OC)ccc2OC)ncn1)c1cccc(C)c1. The van der Waals surface area contributed by atoms with E-state index in [1.807, 2.05) is 38.1 Å². The third-order valence-electron chi connectivity index (χ3n) is 4.43. The van der Waals surface area contributed by atoms with Crippen molar-refractivity contribution >= 4 is 23.1 Å². The molecule has 1 amide bonds. The molecule has 0 aliphatic heterocycles. The summed E-state index contributed by atoms with van der Waals surface area (Å²) >= 11 is 0. The van der Waals surface area contributed by atoms with E-state index in [1.54, 1.807) is 43.4 Å². The highest BCUT2D eigenvalue weighted by Crippen LogP contribution is 2.31. The van der Waals surface area contributed by atoms with Crippen LogP contribution in [0.5, 0.6) is 11.5 Å². The maximum Gasteiger partial charge on any atom is 0.277 e. The van der Waals surface area contributed by atoms with E-state index in [9.17, 15) is 4.79 Å². The van der Waals surface area contributed by atoms with Crippen LogP contribution in [0.2, 0.25) is 0 Å². The number of aromatic nitrogens is 2. The molecule has 150 valence electrons. The van der Waals surface area contributed by atoms with Gasteiger partial charge in [-0.3, -0.25) is 4.79 Å². The second-order valence-electron chi connectivity index (χ2n) is 6.37. The van der Waals surface area contributed by atoms with Crippen molar-refractivity contribution in [2.24, 2.45) is 0 Å². The van der Waals surface area contributed by atoms with E-state index in [0.717, 1.165) is 11.3 Å². The lowest BCUT2D eigenvalue weighted by Gasteiger charge is -2.21. The van der Waals surface area contributed by atoms with Gasteiger partial charge in [0.05, 0.1) is 19.9 Å². The first-order chi connectivity index (χ1) is 14.0. The lowest BCUT2D eigenvalue weighted by Crippen LogP contribution is -2.31. The maximum atomic E-state index is 13.1. The number of benzene rings is 2. The molecule has 0 bridgehead atoms. The summed E-state index contributed by atoms with van der Waals surface area (Å²) in [6, 6.07) is 14.8. The Hall–Kier alpha value is -3.61. The lowest BCUT2D eigenvalue weighted by atomic mass is 10.2. The third-order valence-corrected chi connectivity index (χ3v) is 4.43. The molecule has 7 nitrogen and oxygen atoms in total. The van der Waals surface area contributed by atoms with Crippen LogP contribution in [0, 0.1) is 6.92 Å². The fourth-order valence-electron chi connectivity index (χ4n) is 2.97. The summed E-state index contributed by atoms with van der Waals surface area (Å²) in [5, 5.41) is 3.17. The Morgan fingerprint density at radius 2 is 1.90 bits per heavy atom. The second kappa shape index (κ2) is 9.05. The average molecular weight is 392 g/mol. The molecule has 0 unspecified atom stereocenters. The zero-order chi connectivity index (χ0) is 20.8. The van der Waals surface area contributed by atoms with Gasteiger partial charge in [-0.2, -0.15) is 0 Å². The fourth-order valence-corrected chi connectivity index (χ4v) is 2.97. The first-order valence-electron chi connectivity index (χ1n) is 9.25. The largest absolute Gasteiger partial charge is 0.497 e. The molecule has 0 aliphatic carbocycles. The predicted octanol–water partition coefficient (Wildman–Crippen LogP) is 4.21. The van der Waals surface area contributed by atoms with Gasteiger partial charge in [0.1, 0.15) is 29.3 Å². The summed E-state index contributed by atoms with van der Waals surface area (Å²) in [7, 11) is 3.18. The van der Waals surface area contributed by atoms with Crippen LogP contribution in [-0.2, 0) is 0 Å². The van der Waals surface area contributed by atoms with E-state index in [0.29, 0.717) is 35.2 Å². The Bertz CT molecular complexity index is 1010. The fraction of sp³-hybridized carbons (Fsp3) is 0.227. The number of methoxy groups -OCH3 is 2. The Balaban J connectivity index is 1.88. The van der Waals surface area contributed by atoms with Crippen molar-refractivity contribution in [3.05, 3.63) is 66.1 Å². The first kappa shape index (κ1) is 20.1. The van der Waals surface area contributed by atoms with Crippen molar-refractivity contribution < 1.29 is 14.3 Å². The molecule has 2 aromatic carbocycles. The Kier molecular flexibility index (Phi) is 6.29. The van der Waals surface area contributed by atoms with Crippen molar-refractivity contribution in [1.29, 1.82) is 0 Å². The van der Waals surface area contributed by atoms with Crippen LogP contribution in [0.4, 0.5) is 17.2 Å². The van der Waals surface area contributed by atoms with E-state index in [4.69, 9.17) is 9.47 Å². The Morgan fingerprint density at radius 1 is 1.07 bits per heavy atom. The van der Waals surface area contributed by atoms with Crippen molar-refractivity contribution in [2.45, 2.75) is 13.8 Å². The zero-order valence-corrected chi connectivity index (χ0v) is 17.0. The number of anilines is 3. The topological polar surface area (TPSA) is 76.6 Å². The van der Waals surface area contributed by atoms with E-state index in [1.165, 1.54) is 6.33 Å². The minimum Gasteiger partial charge on any atom is -0.497 e. The standard InChI is InChI=1S/C22H24N4O3/c1-5-26(16-8-6-7-15(2)11-16)22(27)19-13-21(24-14-23-19)25-18-12-17(28-3)9-10-20(18)29-4/h6-14H,5H2,1-4H3,(H,23,24,25). The van der Waals surface area contributed by atoms with Crippen LogP contribution < -0.4 is 19.7 Å². The molecule has 0 aliphatic rings. The van der Waals surface area contributed by atoms with E-state index < -0.39 is 0 Å². The van der Waals surface area contributed by atoms with Crippen molar-refractivity contribution in [1.82, 2.24) is 9.97 Å². The highest BCUT2D eigenvalue weighted by Gasteiger charge is 2.18. The summed E-state index contributed by atoms with van der Waals surface area (Å²) in [5.74, 6) is 1.60. The molecular formula is C22H24N4O3. The number of ether oxygens (including phenoxy) is 2. The van der Waals surface area contributed by atoms with Crippen LogP contribution in [0.25, 0.3) is 0 Å². The Labute approximate surface area is 170 Å². The number of nitrogens with zero attached hydrogens (tertiary/aromatic N) is 3. The number of hydrogen-bond donors (Lipinski definition) is 1. The molecule has 3 aromatic rings. The van der Waals surface area contributed by atoms with Gasteiger partial charge >= 0.3 is 0 Å². The molecule has 1 aromatic heterocycles. The molecule has 0 atom stereocenters. The van der Waals surface area contributed by atoms with Gasteiger partial charge in [-0.15, -0.1) is 0 Å². The zero-order valence-electron chi connectivity index (χ0n) is 17.0. The average Bonchev–Trinajstić information content (AvgIpc) is 2.74. The van der Waals surface area contributed by atoms with Crippen LogP contribution in [0.15, 0.2) is 54.9 Å². The minimum absolute atomic E-state index is 0.193. The van der Waals surface area contributed by atoms with Gasteiger partial charge in [0.25, 0.3) is 5.91 Å². The summed E-state index contributed by atoms with van der Waals surface area (Å²) in [4.78, 5) is 23.2. The smallest absolute Gasteiger partial charge is 0.277 e. The van der Waals surface area contributed by atoms with Crippen LogP contribution in [0.1, 0.15) is 23.0 Å². The lowest BCUT2D eigenvalue weighted by molar-refractivity contribution is 0.0983. The van der Waals surface area contributed by atoms with Gasteiger partial charge < -0.3 is 19.7 Å². The van der Waals surface area contributed by atoms with Crippen molar-refractivity contribution in [3.63, 3.8) is 0 Å². The van der Waals surface area contributed by atoms with E-state index in [-0.39, 0.29) is 5.91 Å². The number of aryl methyl sites for hydroxylation is 1. The predicted molar refractivity (Wildman–Crippen MR) is 113 cm³/mol. The number of carbonyl (C=O) groups excluding carboxylic acids is 1. The van der Waals surface area contributed by atoms with Gasteiger partial charge in [-0.1, -0.05) is 12.1 Å². The molecular weight excluding hydrogens is 368 g/mol.